The molecule has 0 bridgehead atoms. The van der Waals surface area contributed by atoms with E-state index in [2.05, 4.69) is 35.9 Å². The Morgan fingerprint density at radius 1 is 1.21 bits per heavy atom. The van der Waals surface area contributed by atoms with Crippen LogP contribution in [0.25, 0.3) is 0 Å². The topological polar surface area (TPSA) is 26.8 Å². The van der Waals surface area contributed by atoms with Crippen LogP contribution in [0.2, 0.25) is 0 Å². The van der Waals surface area contributed by atoms with Gasteiger partial charge < -0.3 is 9.80 Å². The summed E-state index contributed by atoms with van der Waals surface area (Å²) in [4.78, 5) is 19.7. The molecule has 24 heavy (non-hydrogen) atoms. The van der Waals surface area contributed by atoms with E-state index in [1.165, 1.54) is 5.56 Å². The molecule has 5 heteroatoms. The third-order valence-corrected chi connectivity index (χ3v) is 6.43. The Morgan fingerprint density at radius 2 is 2.00 bits per heavy atom. The lowest BCUT2D eigenvalue weighted by molar-refractivity contribution is 0.0760. The molecule has 1 atom stereocenters. The number of likely N-dealkylation sites (N-methyl/N-ethyl adjacent to an activating group) is 1. The largest absolute Gasteiger partial charge is 0.337 e. The van der Waals surface area contributed by atoms with E-state index in [1.54, 1.807) is 0 Å². The molecule has 0 unspecified atom stereocenters. The molecule has 2 saturated heterocycles. The number of rotatable bonds is 4. The maximum Gasteiger partial charge on any atom is 0.253 e. The molecular weight excluding hydrogens is 318 g/mol. The Labute approximate surface area is 150 Å². The van der Waals surface area contributed by atoms with Crippen molar-refractivity contribution >= 4 is 17.7 Å². The quantitative estimate of drug-likeness (QED) is 0.836. The van der Waals surface area contributed by atoms with Crippen LogP contribution in [0.15, 0.2) is 24.3 Å². The molecule has 1 aromatic rings. The van der Waals surface area contributed by atoms with E-state index in [0.717, 1.165) is 63.6 Å². The molecule has 2 heterocycles. The van der Waals surface area contributed by atoms with Gasteiger partial charge in [0.05, 0.1) is 0 Å². The predicted molar refractivity (Wildman–Crippen MR) is 102 cm³/mol. The fourth-order valence-electron chi connectivity index (χ4n) is 3.40. The maximum atomic E-state index is 12.8. The van der Waals surface area contributed by atoms with Crippen molar-refractivity contribution < 1.29 is 4.79 Å². The molecule has 1 amide bonds. The number of piperazine rings is 1. The number of thioether (sulfide) groups is 1. The summed E-state index contributed by atoms with van der Waals surface area (Å²) >= 11 is 2.00. The van der Waals surface area contributed by atoms with Gasteiger partial charge >= 0.3 is 0 Å². The molecule has 0 spiro atoms. The van der Waals surface area contributed by atoms with Gasteiger partial charge in [0.1, 0.15) is 0 Å². The summed E-state index contributed by atoms with van der Waals surface area (Å²) in [6.45, 7) is 9.40. The summed E-state index contributed by atoms with van der Waals surface area (Å²) in [5.41, 5.74) is 2.10. The first-order chi connectivity index (χ1) is 11.7. The van der Waals surface area contributed by atoms with Crippen molar-refractivity contribution in [1.29, 1.82) is 0 Å². The van der Waals surface area contributed by atoms with Crippen LogP contribution in [0.5, 0.6) is 0 Å². The minimum absolute atomic E-state index is 0.203. The van der Waals surface area contributed by atoms with Gasteiger partial charge in [0.15, 0.2) is 0 Å². The molecule has 0 radical (unpaired) electrons. The van der Waals surface area contributed by atoms with Crippen molar-refractivity contribution in [3.05, 3.63) is 35.4 Å². The van der Waals surface area contributed by atoms with Crippen LogP contribution in [-0.2, 0) is 6.54 Å². The predicted octanol–water partition coefficient (Wildman–Crippen LogP) is 2.40. The van der Waals surface area contributed by atoms with Gasteiger partial charge in [-0.15, -0.1) is 0 Å². The van der Waals surface area contributed by atoms with Gasteiger partial charge in [0.25, 0.3) is 5.91 Å². The SMILES string of the molecule is CC[C@H]1CN(C(=O)c2cccc(CN3CCN(C)CC3)c2)CCS1. The Bertz CT molecular complexity index is 557. The van der Waals surface area contributed by atoms with E-state index < -0.39 is 0 Å². The maximum absolute atomic E-state index is 12.8. The second-order valence-corrected chi connectivity index (χ2v) is 8.34. The van der Waals surface area contributed by atoms with Crippen molar-refractivity contribution in [3.8, 4) is 0 Å². The van der Waals surface area contributed by atoms with Crippen molar-refractivity contribution in [2.75, 3.05) is 52.1 Å². The zero-order valence-electron chi connectivity index (χ0n) is 14.9. The fourth-order valence-corrected chi connectivity index (χ4v) is 4.58. The van der Waals surface area contributed by atoms with E-state index in [4.69, 9.17) is 0 Å². The monoisotopic (exact) mass is 347 g/mol. The molecule has 2 fully saturated rings. The first kappa shape index (κ1) is 17.8. The Balaban J connectivity index is 1.63. The van der Waals surface area contributed by atoms with Gasteiger partial charge in [-0.1, -0.05) is 19.1 Å². The highest BCUT2D eigenvalue weighted by Crippen LogP contribution is 2.22. The third-order valence-electron chi connectivity index (χ3n) is 5.06. The molecule has 132 valence electrons. The smallest absolute Gasteiger partial charge is 0.253 e. The van der Waals surface area contributed by atoms with E-state index in [9.17, 15) is 4.79 Å². The summed E-state index contributed by atoms with van der Waals surface area (Å²) in [7, 11) is 2.18. The number of hydrogen-bond acceptors (Lipinski definition) is 4. The lowest BCUT2D eigenvalue weighted by atomic mass is 10.1. The molecule has 0 aliphatic carbocycles. The van der Waals surface area contributed by atoms with Crippen molar-refractivity contribution in [2.45, 2.75) is 25.1 Å². The van der Waals surface area contributed by atoms with Crippen LogP contribution in [0, 0.1) is 0 Å². The molecule has 2 aliphatic rings. The van der Waals surface area contributed by atoms with Crippen LogP contribution in [0.4, 0.5) is 0 Å². The number of carbonyl (C=O) groups is 1. The first-order valence-electron chi connectivity index (χ1n) is 9.06. The highest BCUT2D eigenvalue weighted by molar-refractivity contribution is 8.00. The van der Waals surface area contributed by atoms with Gasteiger partial charge in [0.2, 0.25) is 0 Å². The highest BCUT2D eigenvalue weighted by Gasteiger charge is 2.24. The number of benzene rings is 1. The van der Waals surface area contributed by atoms with Gasteiger partial charge in [-0.25, -0.2) is 0 Å². The van der Waals surface area contributed by atoms with Gasteiger partial charge in [-0.05, 0) is 31.2 Å². The van der Waals surface area contributed by atoms with Gasteiger partial charge in [0, 0.05) is 62.4 Å². The fraction of sp³-hybridized carbons (Fsp3) is 0.632. The molecule has 3 rings (SSSR count). The first-order valence-corrected chi connectivity index (χ1v) is 10.1. The average molecular weight is 348 g/mol. The lowest BCUT2D eigenvalue weighted by Gasteiger charge is -2.33. The van der Waals surface area contributed by atoms with Crippen LogP contribution in [0.1, 0.15) is 29.3 Å². The molecule has 0 saturated carbocycles. The van der Waals surface area contributed by atoms with Crippen LogP contribution < -0.4 is 0 Å². The summed E-state index contributed by atoms with van der Waals surface area (Å²) in [5, 5.41) is 0.594. The summed E-state index contributed by atoms with van der Waals surface area (Å²) in [6, 6.07) is 8.26. The molecule has 0 aromatic heterocycles. The van der Waals surface area contributed by atoms with Crippen molar-refractivity contribution in [3.63, 3.8) is 0 Å². The van der Waals surface area contributed by atoms with Crippen LogP contribution in [-0.4, -0.2) is 77.9 Å². The van der Waals surface area contributed by atoms with Gasteiger partial charge in [-0.2, -0.15) is 11.8 Å². The van der Waals surface area contributed by atoms with E-state index >= 15 is 0 Å². The standard InChI is InChI=1S/C19H29N3OS/c1-3-18-15-22(11-12-24-18)19(23)17-6-4-5-16(13-17)14-21-9-7-20(2)8-10-21/h4-6,13,18H,3,7-12,14-15H2,1-2H3/t18-/m0/s1. The third kappa shape index (κ3) is 4.52. The number of amides is 1. The van der Waals surface area contributed by atoms with E-state index in [1.807, 2.05) is 28.8 Å². The lowest BCUT2D eigenvalue weighted by Crippen LogP contribution is -2.44. The highest BCUT2D eigenvalue weighted by atomic mass is 32.2. The zero-order valence-corrected chi connectivity index (χ0v) is 15.7. The summed E-state index contributed by atoms with van der Waals surface area (Å²) in [5.74, 6) is 1.26. The minimum Gasteiger partial charge on any atom is -0.337 e. The molecule has 4 nitrogen and oxygen atoms in total. The average Bonchev–Trinajstić information content (AvgIpc) is 2.63. The molecule has 0 N–H and O–H groups in total. The second kappa shape index (κ2) is 8.37. The van der Waals surface area contributed by atoms with Gasteiger partial charge in [-0.3, -0.25) is 9.69 Å². The number of carbonyl (C=O) groups excluding carboxylic acids is 1. The summed E-state index contributed by atoms with van der Waals surface area (Å²) in [6.07, 6.45) is 1.14. The Morgan fingerprint density at radius 3 is 2.75 bits per heavy atom. The summed E-state index contributed by atoms with van der Waals surface area (Å²) < 4.78 is 0. The molecular formula is C19H29N3OS. The van der Waals surface area contributed by atoms with E-state index in [-0.39, 0.29) is 5.91 Å². The number of nitrogens with zero attached hydrogens (tertiary/aromatic N) is 3. The van der Waals surface area contributed by atoms with Crippen LogP contribution in [0.3, 0.4) is 0 Å². The Hall–Kier alpha value is -1.04. The van der Waals surface area contributed by atoms with Crippen molar-refractivity contribution in [2.24, 2.45) is 0 Å². The number of hydrogen-bond donors (Lipinski definition) is 0. The Kier molecular flexibility index (Phi) is 6.19. The molecule has 2 aliphatic heterocycles. The zero-order chi connectivity index (χ0) is 16.9. The molecule has 1 aromatic carbocycles. The van der Waals surface area contributed by atoms with Crippen LogP contribution >= 0.6 is 11.8 Å². The van der Waals surface area contributed by atoms with E-state index in [0.29, 0.717) is 5.25 Å². The second-order valence-electron chi connectivity index (χ2n) is 6.93. The van der Waals surface area contributed by atoms with Crippen molar-refractivity contribution in [1.82, 2.24) is 14.7 Å². The minimum atomic E-state index is 0.203. The normalized spacial score (nSPS) is 23.4.